The van der Waals surface area contributed by atoms with Crippen LogP contribution in [0, 0.1) is 5.41 Å². The van der Waals surface area contributed by atoms with E-state index in [1.54, 1.807) is 17.9 Å². The topological polar surface area (TPSA) is 93.1 Å². The highest BCUT2D eigenvalue weighted by molar-refractivity contribution is 7.91. The summed E-state index contributed by atoms with van der Waals surface area (Å²) in [6, 6.07) is 0. The summed E-state index contributed by atoms with van der Waals surface area (Å²) >= 11 is 0. The largest absolute Gasteiger partial charge is 0.383 e. The normalized spacial score (nSPS) is 15.9. The molecule has 0 fully saturated rings. The van der Waals surface area contributed by atoms with Gasteiger partial charge >= 0.3 is 0 Å². The minimum Gasteiger partial charge on any atom is -0.383 e. The number of sulfone groups is 1. The van der Waals surface area contributed by atoms with Crippen molar-refractivity contribution >= 4 is 9.84 Å². The summed E-state index contributed by atoms with van der Waals surface area (Å²) in [6.07, 6.45) is 4.47. The lowest BCUT2D eigenvalue weighted by Gasteiger charge is -2.26. The molecule has 9 heteroatoms. The molecule has 0 atom stereocenters. The molecule has 1 N–H and O–H groups in total. The minimum atomic E-state index is -3.48. The molecule has 1 aliphatic heterocycles. The Balaban J connectivity index is 1.84. The van der Waals surface area contributed by atoms with Crippen molar-refractivity contribution in [2.24, 2.45) is 5.41 Å². The van der Waals surface area contributed by atoms with Gasteiger partial charge in [0, 0.05) is 51.0 Å². The van der Waals surface area contributed by atoms with E-state index in [1.807, 2.05) is 27.0 Å². The third-order valence-corrected chi connectivity index (χ3v) is 6.72. The summed E-state index contributed by atoms with van der Waals surface area (Å²) in [5, 5.41) is 7.29. The van der Waals surface area contributed by atoms with E-state index in [4.69, 9.17) is 4.74 Å². The Morgan fingerprint density at radius 1 is 1.30 bits per heavy atom. The molecule has 150 valence electrons. The van der Waals surface area contributed by atoms with Crippen molar-refractivity contribution in [3.8, 4) is 0 Å². The lowest BCUT2D eigenvalue weighted by Crippen LogP contribution is -2.31. The number of rotatable bonds is 7. The Kier molecular flexibility index (Phi) is 5.73. The maximum absolute atomic E-state index is 12.9. The zero-order chi connectivity index (χ0) is 19.7. The maximum Gasteiger partial charge on any atom is 0.227 e. The second-order valence-corrected chi connectivity index (χ2v) is 10.2. The first-order chi connectivity index (χ1) is 12.7. The predicted molar refractivity (Wildman–Crippen MR) is 102 cm³/mol. The molecule has 0 bridgehead atoms. The van der Waals surface area contributed by atoms with Crippen molar-refractivity contribution in [1.29, 1.82) is 0 Å². The number of ether oxygens (including phenoxy) is 1. The highest BCUT2D eigenvalue weighted by atomic mass is 32.2. The van der Waals surface area contributed by atoms with Crippen molar-refractivity contribution in [3.63, 3.8) is 0 Å². The van der Waals surface area contributed by atoms with Crippen LogP contribution in [0.4, 0.5) is 0 Å². The summed E-state index contributed by atoms with van der Waals surface area (Å²) in [5.41, 5.74) is 2.95. The fraction of sp³-hybridized carbons (Fsp3) is 0.667. The van der Waals surface area contributed by atoms with Gasteiger partial charge in [0.05, 0.1) is 30.4 Å². The number of nitrogens with one attached hydrogen (secondary N) is 1. The van der Waals surface area contributed by atoms with Gasteiger partial charge < -0.3 is 9.30 Å². The van der Waals surface area contributed by atoms with E-state index >= 15 is 0 Å². The molecule has 0 spiro atoms. The van der Waals surface area contributed by atoms with Crippen molar-refractivity contribution < 1.29 is 13.2 Å². The average Bonchev–Trinajstić information content (AvgIpc) is 3.17. The van der Waals surface area contributed by atoms with Gasteiger partial charge in [0.1, 0.15) is 0 Å². The number of hydrogen-bond acceptors (Lipinski definition) is 6. The number of methoxy groups -OCH3 is 1. The molecule has 0 aromatic carbocycles. The van der Waals surface area contributed by atoms with Crippen LogP contribution in [-0.4, -0.2) is 59.1 Å². The van der Waals surface area contributed by atoms with Gasteiger partial charge in [-0.1, -0.05) is 20.8 Å². The van der Waals surface area contributed by atoms with Gasteiger partial charge in [-0.05, 0) is 5.41 Å². The SMILES string of the molecule is COCCn1c(CN2CCc3[nH]ncc3C2)cnc1S(=O)(=O)CC(C)(C)C. The summed E-state index contributed by atoms with van der Waals surface area (Å²) in [6.45, 7) is 9.01. The number of imidazole rings is 1. The van der Waals surface area contributed by atoms with Crippen molar-refractivity contribution in [3.05, 3.63) is 29.3 Å². The van der Waals surface area contributed by atoms with Crippen LogP contribution in [0.1, 0.15) is 37.7 Å². The first-order valence-corrected chi connectivity index (χ1v) is 10.8. The van der Waals surface area contributed by atoms with Crippen molar-refractivity contribution in [1.82, 2.24) is 24.6 Å². The van der Waals surface area contributed by atoms with Crippen LogP contribution in [0.5, 0.6) is 0 Å². The third kappa shape index (κ3) is 4.77. The summed E-state index contributed by atoms with van der Waals surface area (Å²) in [4.78, 5) is 6.59. The van der Waals surface area contributed by atoms with Gasteiger partial charge in [-0.2, -0.15) is 5.10 Å². The van der Waals surface area contributed by atoms with Crippen LogP contribution in [-0.2, 0) is 40.6 Å². The van der Waals surface area contributed by atoms with Gasteiger partial charge in [0.2, 0.25) is 15.0 Å². The van der Waals surface area contributed by atoms with Crippen LogP contribution < -0.4 is 0 Å². The van der Waals surface area contributed by atoms with Gasteiger partial charge in [-0.15, -0.1) is 0 Å². The number of fused-ring (bicyclic) bond motifs is 1. The molecule has 3 rings (SSSR count). The minimum absolute atomic E-state index is 0.0610. The van der Waals surface area contributed by atoms with Gasteiger partial charge in [0.25, 0.3) is 0 Å². The van der Waals surface area contributed by atoms with E-state index in [9.17, 15) is 8.42 Å². The monoisotopic (exact) mass is 395 g/mol. The highest BCUT2D eigenvalue weighted by Crippen LogP contribution is 2.24. The molecular weight excluding hydrogens is 366 g/mol. The Bertz CT molecular complexity index is 879. The Hall–Kier alpha value is -1.71. The molecule has 27 heavy (non-hydrogen) atoms. The number of hydrogen-bond donors (Lipinski definition) is 1. The number of aromatic nitrogens is 4. The van der Waals surface area contributed by atoms with E-state index in [0.717, 1.165) is 25.2 Å². The zero-order valence-electron chi connectivity index (χ0n) is 16.5. The van der Waals surface area contributed by atoms with E-state index in [1.165, 1.54) is 11.3 Å². The molecule has 0 saturated carbocycles. The number of H-pyrrole nitrogens is 1. The second-order valence-electron chi connectivity index (χ2n) is 8.33. The molecule has 1 aliphatic rings. The zero-order valence-corrected chi connectivity index (χ0v) is 17.3. The molecule has 0 radical (unpaired) electrons. The van der Waals surface area contributed by atoms with Crippen LogP contribution in [0.15, 0.2) is 17.6 Å². The van der Waals surface area contributed by atoms with Gasteiger partial charge in [0.15, 0.2) is 0 Å². The van der Waals surface area contributed by atoms with Gasteiger partial charge in [-0.3, -0.25) is 10.00 Å². The molecule has 0 unspecified atom stereocenters. The van der Waals surface area contributed by atoms with Crippen molar-refractivity contribution in [2.75, 3.05) is 26.0 Å². The number of aromatic amines is 1. The lowest BCUT2D eigenvalue weighted by molar-refractivity contribution is 0.180. The molecule has 0 amide bonds. The molecule has 0 saturated heterocycles. The first kappa shape index (κ1) is 20.0. The Morgan fingerprint density at radius 3 is 2.78 bits per heavy atom. The maximum atomic E-state index is 12.9. The standard InChI is InChI=1S/C18H29N5O3S/c1-18(2,3)13-27(24,25)17-19-10-15(23(17)7-8-26-4)12-22-6-5-16-14(11-22)9-20-21-16/h9-10H,5-8,11-13H2,1-4H3,(H,20,21). The van der Waals surface area contributed by atoms with E-state index < -0.39 is 9.84 Å². The predicted octanol–water partition coefficient (Wildman–Crippen LogP) is 1.63. The molecule has 3 heterocycles. The molecule has 0 aliphatic carbocycles. The lowest BCUT2D eigenvalue weighted by atomic mass is 10.0. The van der Waals surface area contributed by atoms with Crippen LogP contribution >= 0.6 is 0 Å². The van der Waals surface area contributed by atoms with Crippen molar-refractivity contribution in [2.45, 2.75) is 52.0 Å². The molecule has 2 aromatic heterocycles. The number of nitrogens with zero attached hydrogens (tertiary/aromatic N) is 4. The second kappa shape index (κ2) is 7.73. The van der Waals surface area contributed by atoms with E-state index in [-0.39, 0.29) is 16.3 Å². The summed E-state index contributed by atoms with van der Waals surface area (Å²) in [7, 11) is -1.86. The smallest absolute Gasteiger partial charge is 0.227 e. The Morgan fingerprint density at radius 2 is 2.07 bits per heavy atom. The quantitative estimate of drug-likeness (QED) is 0.766. The van der Waals surface area contributed by atoms with E-state index in [2.05, 4.69) is 20.1 Å². The van der Waals surface area contributed by atoms with Gasteiger partial charge in [-0.25, -0.2) is 13.4 Å². The average molecular weight is 396 g/mol. The van der Waals surface area contributed by atoms with Crippen LogP contribution in [0.2, 0.25) is 0 Å². The Labute approximate surface area is 160 Å². The molecular formula is C18H29N5O3S. The molecule has 2 aromatic rings. The summed E-state index contributed by atoms with van der Waals surface area (Å²) in [5.74, 6) is 0.0610. The highest BCUT2D eigenvalue weighted by Gasteiger charge is 2.29. The van der Waals surface area contributed by atoms with E-state index in [0.29, 0.717) is 19.7 Å². The third-order valence-electron chi connectivity index (χ3n) is 4.59. The van der Waals surface area contributed by atoms with Crippen LogP contribution in [0.25, 0.3) is 0 Å². The summed E-state index contributed by atoms with van der Waals surface area (Å²) < 4.78 is 32.8. The molecule has 8 nitrogen and oxygen atoms in total. The fourth-order valence-electron chi connectivity index (χ4n) is 3.47. The first-order valence-electron chi connectivity index (χ1n) is 9.19. The van der Waals surface area contributed by atoms with Crippen LogP contribution in [0.3, 0.4) is 0 Å². The fourth-order valence-corrected chi connectivity index (χ4v) is 5.49.